The highest BCUT2D eigenvalue weighted by Crippen LogP contribution is 2.27. The molecule has 0 aromatic carbocycles. The van der Waals surface area contributed by atoms with E-state index in [1.54, 1.807) is 19.3 Å². The van der Waals surface area contributed by atoms with Gasteiger partial charge >= 0.3 is 0 Å². The summed E-state index contributed by atoms with van der Waals surface area (Å²) in [7, 11) is 0. The van der Waals surface area contributed by atoms with E-state index in [9.17, 15) is 9.90 Å². The molecule has 0 bridgehead atoms. The second kappa shape index (κ2) is 8.65. The van der Waals surface area contributed by atoms with E-state index in [-0.39, 0.29) is 17.9 Å². The molecule has 0 fully saturated rings. The second-order valence-electron chi connectivity index (χ2n) is 8.11. The van der Waals surface area contributed by atoms with Crippen molar-refractivity contribution in [3.8, 4) is 11.4 Å². The Morgan fingerprint density at radius 1 is 1.36 bits per heavy atom. The molecule has 0 atom stereocenters. The minimum atomic E-state index is -0.0738. The normalized spacial score (nSPS) is 13.9. The monoisotopic (exact) mass is 383 g/mol. The fourth-order valence-electron chi connectivity index (χ4n) is 3.32. The maximum Gasteiger partial charge on any atom is 0.219 e. The number of nitrogens with zero attached hydrogens (tertiary/aromatic N) is 4. The number of hydrogen-bond donors (Lipinski definition) is 2. The molecule has 0 saturated carbocycles. The molecule has 7 nitrogen and oxygen atoms in total. The van der Waals surface area contributed by atoms with Crippen LogP contribution < -0.4 is 5.32 Å². The van der Waals surface area contributed by atoms with Gasteiger partial charge in [-0.3, -0.25) is 9.78 Å². The molecular formula is C21H29N5O2. The summed E-state index contributed by atoms with van der Waals surface area (Å²) >= 11 is 0. The zero-order chi connectivity index (χ0) is 20.1. The van der Waals surface area contributed by atoms with Crippen LogP contribution in [-0.2, 0) is 17.8 Å². The lowest BCUT2D eigenvalue weighted by Gasteiger charge is -2.29. The molecule has 0 unspecified atom stereocenters. The highest BCUT2D eigenvalue weighted by atomic mass is 16.3. The van der Waals surface area contributed by atoms with Crippen LogP contribution in [0.5, 0.6) is 0 Å². The fraction of sp³-hybridized carbons (Fsp3) is 0.524. The molecule has 2 N–H and O–H groups in total. The third-order valence-corrected chi connectivity index (χ3v) is 5.18. The summed E-state index contributed by atoms with van der Waals surface area (Å²) in [6.07, 6.45) is 6.08. The van der Waals surface area contributed by atoms with Crippen molar-refractivity contribution < 1.29 is 9.90 Å². The number of nitrogens with one attached hydrogen (secondary N) is 1. The fourth-order valence-corrected chi connectivity index (χ4v) is 3.32. The van der Waals surface area contributed by atoms with Gasteiger partial charge in [0.15, 0.2) is 5.82 Å². The lowest BCUT2D eigenvalue weighted by molar-refractivity contribution is -0.129. The second-order valence-corrected chi connectivity index (χ2v) is 8.11. The van der Waals surface area contributed by atoms with Gasteiger partial charge in [0, 0.05) is 50.1 Å². The van der Waals surface area contributed by atoms with Gasteiger partial charge in [-0.1, -0.05) is 13.8 Å². The standard InChI is InChI=1S/C21H29N5O2/c1-15(28)26-11-7-17-18(13-26)24-19(16-6-4-9-22-12-16)25-20(17)23-10-5-8-21(2,3)14-27/h4,6,9,12,27H,5,7-8,10-11,13-14H2,1-3H3,(H,23,24,25). The lowest BCUT2D eigenvalue weighted by Crippen LogP contribution is -2.35. The Morgan fingerprint density at radius 3 is 2.86 bits per heavy atom. The van der Waals surface area contributed by atoms with E-state index >= 15 is 0 Å². The number of anilines is 1. The highest BCUT2D eigenvalue weighted by molar-refractivity contribution is 5.74. The third-order valence-electron chi connectivity index (χ3n) is 5.18. The summed E-state index contributed by atoms with van der Waals surface area (Å²) < 4.78 is 0. The van der Waals surface area contributed by atoms with Crippen LogP contribution in [0.15, 0.2) is 24.5 Å². The molecule has 28 heavy (non-hydrogen) atoms. The van der Waals surface area contributed by atoms with Crippen molar-refractivity contribution in [3.63, 3.8) is 0 Å². The number of carbonyl (C=O) groups is 1. The van der Waals surface area contributed by atoms with Crippen LogP contribution in [0.3, 0.4) is 0 Å². The first kappa shape index (κ1) is 20.2. The lowest BCUT2D eigenvalue weighted by atomic mass is 9.89. The first-order valence-corrected chi connectivity index (χ1v) is 9.80. The molecule has 0 aliphatic carbocycles. The van der Waals surface area contributed by atoms with E-state index in [2.05, 4.69) is 24.1 Å². The van der Waals surface area contributed by atoms with E-state index in [0.29, 0.717) is 18.9 Å². The quantitative estimate of drug-likeness (QED) is 0.714. The molecule has 1 amide bonds. The summed E-state index contributed by atoms with van der Waals surface area (Å²) in [5.41, 5.74) is 2.77. The van der Waals surface area contributed by atoms with Gasteiger partial charge in [0.1, 0.15) is 5.82 Å². The SMILES string of the molecule is CC(=O)N1CCc2c(nc(-c3cccnc3)nc2NCCCC(C)(C)CO)C1. The number of fused-ring (bicyclic) bond motifs is 1. The summed E-state index contributed by atoms with van der Waals surface area (Å²) in [6, 6.07) is 3.80. The minimum Gasteiger partial charge on any atom is -0.396 e. The van der Waals surface area contributed by atoms with Crippen molar-refractivity contribution in [2.75, 3.05) is 25.0 Å². The predicted molar refractivity (Wildman–Crippen MR) is 109 cm³/mol. The highest BCUT2D eigenvalue weighted by Gasteiger charge is 2.24. The van der Waals surface area contributed by atoms with Crippen LogP contribution >= 0.6 is 0 Å². The minimum absolute atomic E-state index is 0.0629. The Kier molecular flexibility index (Phi) is 6.24. The van der Waals surface area contributed by atoms with E-state index < -0.39 is 0 Å². The van der Waals surface area contributed by atoms with Gasteiger partial charge in [-0.2, -0.15) is 0 Å². The Balaban J connectivity index is 1.83. The van der Waals surface area contributed by atoms with Crippen molar-refractivity contribution in [1.82, 2.24) is 19.9 Å². The van der Waals surface area contributed by atoms with E-state index in [1.807, 2.05) is 17.0 Å². The molecular weight excluding hydrogens is 354 g/mol. The predicted octanol–water partition coefficient (Wildman–Crippen LogP) is 2.65. The van der Waals surface area contributed by atoms with Gasteiger partial charge in [0.2, 0.25) is 5.91 Å². The number of amides is 1. The van der Waals surface area contributed by atoms with Gasteiger partial charge in [-0.25, -0.2) is 9.97 Å². The number of pyridine rings is 1. The zero-order valence-corrected chi connectivity index (χ0v) is 16.9. The van der Waals surface area contributed by atoms with E-state index in [0.717, 1.165) is 48.4 Å². The number of aliphatic hydroxyl groups is 1. The van der Waals surface area contributed by atoms with Crippen LogP contribution in [0.25, 0.3) is 11.4 Å². The molecule has 0 radical (unpaired) electrons. The number of rotatable bonds is 7. The maximum absolute atomic E-state index is 11.8. The maximum atomic E-state index is 11.8. The molecule has 7 heteroatoms. The summed E-state index contributed by atoms with van der Waals surface area (Å²) in [5, 5.41) is 12.9. The summed E-state index contributed by atoms with van der Waals surface area (Å²) in [5.74, 6) is 1.53. The number of aromatic nitrogens is 3. The van der Waals surface area contributed by atoms with Gasteiger partial charge in [0.05, 0.1) is 12.2 Å². The molecule has 3 heterocycles. The third kappa shape index (κ3) is 4.84. The summed E-state index contributed by atoms with van der Waals surface area (Å²) in [4.78, 5) is 27.3. The van der Waals surface area contributed by atoms with E-state index in [4.69, 9.17) is 9.97 Å². The van der Waals surface area contributed by atoms with Crippen LogP contribution in [0.1, 0.15) is 44.9 Å². The smallest absolute Gasteiger partial charge is 0.219 e. The number of hydrogen-bond acceptors (Lipinski definition) is 6. The van der Waals surface area contributed by atoms with Crippen molar-refractivity contribution >= 4 is 11.7 Å². The molecule has 1 aliphatic rings. The molecule has 150 valence electrons. The van der Waals surface area contributed by atoms with Gasteiger partial charge < -0.3 is 15.3 Å². The summed E-state index contributed by atoms with van der Waals surface area (Å²) in [6.45, 7) is 7.87. The van der Waals surface area contributed by atoms with E-state index in [1.165, 1.54) is 0 Å². The van der Waals surface area contributed by atoms with Crippen LogP contribution in [0, 0.1) is 5.41 Å². The van der Waals surface area contributed by atoms with Gasteiger partial charge in [-0.05, 0) is 36.8 Å². The van der Waals surface area contributed by atoms with Crippen molar-refractivity contribution in [1.29, 1.82) is 0 Å². The number of aliphatic hydroxyl groups excluding tert-OH is 1. The van der Waals surface area contributed by atoms with Gasteiger partial charge in [-0.15, -0.1) is 0 Å². The topological polar surface area (TPSA) is 91.2 Å². The first-order chi connectivity index (χ1) is 13.4. The molecule has 2 aromatic rings. The zero-order valence-electron chi connectivity index (χ0n) is 16.9. The Bertz CT molecular complexity index is 823. The first-order valence-electron chi connectivity index (χ1n) is 9.80. The van der Waals surface area contributed by atoms with Crippen molar-refractivity contribution in [2.24, 2.45) is 5.41 Å². The average molecular weight is 383 g/mol. The average Bonchev–Trinajstić information content (AvgIpc) is 2.71. The Morgan fingerprint density at radius 2 is 2.18 bits per heavy atom. The van der Waals surface area contributed by atoms with Gasteiger partial charge in [0.25, 0.3) is 0 Å². The molecule has 2 aromatic heterocycles. The van der Waals surface area contributed by atoms with Crippen LogP contribution in [0.4, 0.5) is 5.82 Å². The van der Waals surface area contributed by atoms with Crippen LogP contribution in [0.2, 0.25) is 0 Å². The van der Waals surface area contributed by atoms with Crippen molar-refractivity contribution in [3.05, 3.63) is 35.8 Å². The largest absolute Gasteiger partial charge is 0.396 e. The molecule has 0 spiro atoms. The Hall–Kier alpha value is -2.54. The molecule has 0 saturated heterocycles. The molecule has 3 rings (SSSR count). The Labute approximate surface area is 166 Å². The van der Waals surface area contributed by atoms with Crippen molar-refractivity contribution in [2.45, 2.75) is 46.6 Å². The van der Waals surface area contributed by atoms with Crippen LogP contribution in [-0.4, -0.2) is 50.6 Å². The molecule has 1 aliphatic heterocycles. The number of carbonyl (C=O) groups excluding carboxylic acids is 1.